The Morgan fingerprint density at radius 2 is 2.33 bits per heavy atom. The maximum absolute atomic E-state index is 10.5. The summed E-state index contributed by atoms with van der Waals surface area (Å²) in [7, 11) is 0. The molecule has 15 heavy (non-hydrogen) atoms. The molecule has 2 nitrogen and oxygen atoms in total. The number of rotatable bonds is 2. The lowest BCUT2D eigenvalue weighted by Crippen LogP contribution is -2.30. The molecule has 2 rings (SSSR count). The molecule has 0 saturated heterocycles. The van der Waals surface area contributed by atoms with Crippen LogP contribution in [0.25, 0.3) is 0 Å². The molecule has 0 amide bonds. The average molecular weight is 208 g/mol. The van der Waals surface area contributed by atoms with Gasteiger partial charge in [-0.15, -0.1) is 0 Å². The third-order valence-corrected chi connectivity index (χ3v) is 3.55. The van der Waals surface area contributed by atoms with E-state index in [-0.39, 0.29) is 0 Å². The highest BCUT2D eigenvalue weighted by Crippen LogP contribution is 2.32. The molecule has 0 radical (unpaired) electrons. The van der Waals surface area contributed by atoms with Gasteiger partial charge in [-0.3, -0.25) is 0 Å². The normalized spacial score (nSPS) is 32.5. The van der Waals surface area contributed by atoms with E-state index in [0.29, 0.717) is 0 Å². The molecule has 1 fully saturated rings. The number of hydrogen-bond donors (Lipinski definition) is 1. The van der Waals surface area contributed by atoms with Gasteiger partial charge in [0, 0.05) is 6.42 Å². The molecule has 84 valence electrons. The first-order valence-corrected chi connectivity index (χ1v) is 5.91. The summed E-state index contributed by atoms with van der Waals surface area (Å²) in [6.07, 6.45) is 9.58. The van der Waals surface area contributed by atoms with E-state index in [2.05, 4.69) is 6.92 Å². The number of furan rings is 1. The van der Waals surface area contributed by atoms with Crippen molar-refractivity contribution in [1.82, 2.24) is 0 Å². The van der Waals surface area contributed by atoms with Crippen molar-refractivity contribution in [3.8, 4) is 0 Å². The molecule has 0 aromatic carbocycles. The predicted octanol–water partition coefficient (Wildman–Crippen LogP) is 3.15. The van der Waals surface area contributed by atoms with Gasteiger partial charge in [-0.25, -0.2) is 0 Å². The highest BCUT2D eigenvalue weighted by Gasteiger charge is 2.30. The molecule has 0 spiro atoms. The summed E-state index contributed by atoms with van der Waals surface area (Å²) in [5.41, 5.74) is 0.626. The van der Waals surface area contributed by atoms with Crippen LogP contribution in [0.5, 0.6) is 0 Å². The monoisotopic (exact) mass is 208 g/mol. The molecule has 0 bridgehead atoms. The van der Waals surface area contributed by atoms with Gasteiger partial charge in [0.25, 0.3) is 0 Å². The standard InChI is InChI=1S/C13H20O2/c1-11-3-2-6-13(14,7-4-11)9-12-5-8-15-10-12/h5,8,10-11,14H,2-4,6-7,9H2,1H3. The lowest BCUT2D eigenvalue weighted by molar-refractivity contribution is 0.0242. The van der Waals surface area contributed by atoms with Crippen LogP contribution in [-0.4, -0.2) is 10.7 Å². The summed E-state index contributed by atoms with van der Waals surface area (Å²) in [5, 5.41) is 10.5. The van der Waals surface area contributed by atoms with Crippen molar-refractivity contribution >= 4 is 0 Å². The summed E-state index contributed by atoms with van der Waals surface area (Å²) < 4.78 is 5.04. The summed E-state index contributed by atoms with van der Waals surface area (Å²) in [5.74, 6) is 0.767. The van der Waals surface area contributed by atoms with E-state index in [9.17, 15) is 5.11 Å². The van der Waals surface area contributed by atoms with Crippen LogP contribution in [0.3, 0.4) is 0 Å². The van der Waals surface area contributed by atoms with E-state index in [4.69, 9.17) is 4.42 Å². The Bertz CT molecular complexity index is 291. The van der Waals surface area contributed by atoms with Crippen LogP contribution in [0.2, 0.25) is 0 Å². The van der Waals surface area contributed by atoms with E-state index in [1.807, 2.05) is 6.07 Å². The molecular formula is C13H20O2. The Hall–Kier alpha value is -0.760. The van der Waals surface area contributed by atoms with Gasteiger partial charge in [0.1, 0.15) is 0 Å². The largest absolute Gasteiger partial charge is 0.472 e. The maximum atomic E-state index is 10.5. The van der Waals surface area contributed by atoms with E-state index in [1.54, 1.807) is 12.5 Å². The molecule has 1 saturated carbocycles. The fourth-order valence-electron chi connectivity index (χ4n) is 2.51. The zero-order chi connectivity index (χ0) is 10.7. The molecule has 1 N–H and O–H groups in total. The second kappa shape index (κ2) is 4.40. The minimum Gasteiger partial charge on any atom is -0.472 e. The first kappa shape index (κ1) is 10.7. The fourth-order valence-corrected chi connectivity index (χ4v) is 2.51. The summed E-state index contributed by atoms with van der Waals surface area (Å²) in [6, 6.07) is 1.95. The van der Waals surface area contributed by atoms with Crippen molar-refractivity contribution in [3.63, 3.8) is 0 Å². The lowest BCUT2D eigenvalue weighted by atomic mass is 9.88. The van der Waals surface area contributed by atoms with E-state index in [1.165, 1.54) is 6.42 Å². The van der Waals surface area contributed by atoms with Crippen molar-refractivity contribution in [2.24, 2.45) is 5.92 Å². The van der Waals surface area contributed by atoms with Gasteiger partial charge < -0.3 is 9.52 Å². The zero-order valence-corrected chi connectivity index (χ0v) is 9.41. The van der Waals surface area contributed by atoms with Gasteiger partial charge in [0.15, 0.2) is 0 Å². The van der Waals surface area contributed by atoms with Gasteiger partial charge in [-0.1, -0.05) is 19.8 Å². The van der Waals surface area contributed by atoms with Crippen LogP contribution in [-0.2, 0) is 6.42 Å². The molecule has 2 atom stereocenters. The van der Waals surface area contributed by atoms with Gasteiger partial charge in [0.2, 0.25) is 0 Å². The second-order valence-corrected chi connectivity index (χ2v) is 5.07. The second-order valence-electron chi connectivity index (χ2n) is 5.07. The molecule has 2 heteroatoms. The summed E-state index contributed by atoms with van der Waals surface area (Å²) in [6.45, 7) is 2.28. The van der Waals surface area contributed by atoms with Crippen molar-refractivity contribution in [2.45, 2.75) is 51.0 Å². The molecular weight excluding hydrogens is 188 g/mol. The molecule has 0 aliphatic heterocycles. The first-order valence-electron chi connectivity index (χ1n) is 5.91. The van der Waals surface area contributed by atoms with Crippen molar-refractivity contribution in [3.05, 3.63) is 24.2 Å². The molecule has 1 aliphatic carbocycles. The smallest absolute Gasteiger partial charge is 0.0935 e. The third-order valence-electron chi connectivity index (χ3n) is 3.55. The minimum atomic E-state index is -0.491. The highest BCUT2D eigenvalue weighted by molar-refractivity contribution is 5.09. The summed E-state index contributed by atoms with van der Waals surface area (Å²) in [4.78, 5) is 0. The lowest BCUT2D eigenvalue weighted by Gasteiger charge is -2.26. The molecule has 1 aromatic rings. The van der Waals surface area contributed by atoms with Crippen LogP contribution < -0.4 is 0 Å². The Kier molecular flexibility index (Phi) is 3.15. The third kappa shape index (κ3) is 2.85. The molecule has 2 unspecified atom stereocenters. The highest BCUT2D eigenvalue weighted by atomic mass is 16.3. The number of hydrogen-bond acceptors (Lipinski definition) is 2. The van der Waals surface area contributed by atoms with E-state index < -0.39 is 5.60 Å². The maximum Gasteiger partial charge on any atom is 0.0935 e. The minimum absolute atomic E-state index is 0.491. The SMILES string of the molecule is CC1CCCC(O)(Cc2ccoc2)CC1. The van der Waals surface area contributed by atoms with E-state index >= 15 is 0 Å². The summed E-state index contributed by atoms with van der Waals surface area (Å²) >= 11 is 0. The molecule has 1 aliphatic rings. The first-order chi connectivity index (χ1) is 7.18. The van der Waals surface area contributed by atoms with Crippen molar-refractivity contribution < 1.29 is 9.52 Å². The zero-order valence-electron chi connectivity index (χ0n) is 9.41. The van der Waals surface area contributed by atoms with Gasteiger partial charge >= 0.3 is 0 Å². The van der Waals surface area contributed by atoms with E-state index in [0.717, 1.165) is 43.6 Å². The van der Waals surface area contributed by atoms with Gasteiger partial charge in [-0.2, -0.15) is 0 Å². The van der Waals surface area contributed by atoms with Gasteiger partial charge in [-0.05, 0) is 36.8 Å². The van der Waals surface area contributed by atoms with Gasteiger partial charge in [0.05, 0.1) is 18.1 Å². The Morgan fingerprint density at radius 1 is 1.47 bits per heavy atom. The predicted molar refractivity (Wildman–Crippen MR) is 59.6 cm³/mol. The van der Waals surface area contributed by atoms with Crippen LogP contribution in [0.15, 0.2) is 23.0 Å². The fraction of sp³-hybridized carbons (Fsp3) is 0.692. The Morgan fingerprint density at radius 3 is 3.07 bits per heavy atom. The van der Waals surface area contributed by atoms with Crippen LogP contribution in [0.4, 0.5) is 0 Å². The Labute approximate surface area is 91.3 Å². The topological polar surface area (TPSA) is 33.4 Å². The molecule has 1 aromatic heterocycles. The quantitative estimate of drug-likeness (QED) is 0.757. The number of aliphatic hydroxyl groups is 1. The van der Waals surface area contributed by atoms with Crippen molar-refractivity contribution in [2.75, 3.05) is 0 Å². The van der Waals surface area contributed by atoms with Crippen LogP contribution >= 0.6 is 0 Å². The average Bonchev–Trinajstić information content (AvgIpc) is 2.61. The van der Waals surface area contributed by atoms with Crippen LogP contribution in [0, 0.1) is 5.92 Å². The molecule has 1 heterocycles. The van der Waals surface area contributed by atoms with Crippen molar-refractivity contribution in [1.29, 1.82) is 0 Å². The Balaban J connectivity index is 1.99. The van der Waals surface area contributed by atoms with Crippen LogP contribution in [0.1, 0.15) is 44.6 Å².